The Kier molecular flexibility index (Phi) is 1.92. The fraction of sp³-hybridized carbons (Fsp3) is 0.600. The monoisotopic (exact) mass is 245 g/mol. The Balaban J connectivity index is 2.51. The molecule has 2 rings (SSSR count). The van der Waals surface area contributed by atoms with Crippen molar-refractivity contribution < 1.29 is 19.1 Å². The molecule has 0 spiro atoms. The molecule has 17 heavy (non-hydrogen) atoms. The summed E-state index contributed by atoms with van der Waals surface area (Å²) in [4.78, 5) is 24.7. The molecule has 0 amide bonds. The van der Waals surface area contributed by atoms with Gasteiger partial charge in [-0.2, -0.15) is 0 Å². The fourth-order valence-electron chi connectivity index (χ4n) is 1.75. The summed E-state index contributed by atoms with van der Waals surface area (Å²) in [6, 6.07) is -0.518. The SMILES string of the molecule is [2H]c1cn([C@@H]2O[C@H](C([2H])[2H])[C@@H](O)[C@@]2(C)O)c(=O)[nH]c1=O. The predicted molar refractivity (Wildman–Crippen MR) is 57.5 cm³/mol. The van der Waals surface area contributed by atoms with Crippen LogP contribution in [0.15, 0.2) is 21.8 Å². The Bertz CT molecular complexity index is 626. The first kappa shape index (κ1) is 8.62. The highest BCUT2D eigenvalue weighted by atomic mass is 16.6. The maximum atomic E-state index is 11.7. The summed E-state index contributed by atoms with van der Waals surface area (Å²) in [6.45, 7) is -0.387. The number of aromatic amines is 1. The molecule has 0 aliphatic carbocycles. The lowest BCUT2D eigenvalue weighted by atomic mass is 9.97. The van der Waals surface area contributed by atoms with E-state index in [1.807, 2.05) is 4.98 Å². The van der Waals surface area contributed by atoms with E-state index in [1.165, 1.54) is 6.92 Å². The number of aliphatic hydroxyl groups is 2. The zero-order valence-corrected chi connectivity index (χ0v) is 8.95. The predicted octanol–water partition coefficient (Wildman–Crippen LogP) is -1.43. The van der Waals surface area contributed by atoms with Crippen molar-refractivity contribution in [2.45, 2.75) is 37.8 Å². The summed E-state index contributed by atoms with van der Waals surface area (Å²) in [6.07, 6.45) is -3.41. The van der Waals surface area contributed by atoms with E-state index in [2.05, 4.69) is 0 Å². The summed E-state index contributed by atoms with van der Waals surface area (Å²) < 4.78 is 27.8. The van der Waals surface area contributed by atoms with Crippen LogP contribution in [0.5, 0.6) is 0 Å². The smallest absolute Gasteiger partial charge is 0.330 e. The van der Waals surface area contributed by atoms with Gasteiger partial charge in [-0.15, -0.1) is 0 Å². The maximum Gasteiger partial charge on any atom is 0.330 e. The first-order valence-corrected chi connectivity index (χ1v) is 4.88. The Morgan fingerprint density at radius 3 is 3.00 bits per heavy atom. The molecule has 1 aliphatic rings. The van der Waals surface area contributed by atoms with Crippen LogP contribution in [0.1, 0.15) is 24.1 Å². The Morgan fingerprint density at radius 2 is 2.41 bits per heavy atom. The molecule has 3 N–H and O–H groups in total. The number of aromatic nitrogens is 2. The van der Waals surface area contributed by atoms with Gasteiger partial charge in [0.15, 0.2) is 6.23 Å². The van der Waals surface area contributed by atoms with Crippen molar-refractivity contribution in [3.05, 3.63) is 33.1 Å². The number of nitrogens with one attached hydrogen (secondary N) is 1. The fourth-order valence-corrected chi connectivity index (χ4v) is 1.75. The van der Waals surface area contributed by atoms with E-state index in [9.17, 15) is 19.8 Å². The number of aliphatic hydroxyl groups excluding tert-OH is 1. The van der Waals surface area contributed by atoms with Crippen LogP contribution in [-0.2, 0) is 4.74 Å². The maximum absolute atomic E-state index is 11.7. The molecule has 1 aromatic heterocycles. The second kappa shape index (κ2) is 3.80. The minimum Gasteiger partial charge on any atom is -0.387 e. The molecule has 0 radical (unpaired) electrons. The van der Waals surface area contributed by atoms with Crippen LogP contribution < -0.4 is 11.2 Å². The van der Waals surface area contributed by atoms with Crippen LogP contribution >= 0.6 is 0 Å². The third kappa shape index (κ3) is 1.82. The topological polar surface area (TPSA) is 105 Å². The molecule has 1 aromatic rings. The Morgan fingerprint density at radius 1 is 1.71 bits per heavy atom. The van der Waals surface area contributed by atoms with Gasteiger partial charge in [0, 0.05) is 15.0 Å². The average molecular weight is 245 g/mol. The van der Waals surface area contributed by atoms with E-state index in [-0.39, 0.29) is 0 Å². The minimum atomic E-state index is -1.94. The Hall–Kier alpha value is -1.44. The standard InChI is InChI=1S/C10H14N2O5/c1-5-7(14)10(2,16)8(17-5)12-4-3-6(13)11-9(12)15/h3-5,7-8,14,16H,1-2H3,(H,11,13,15)/t5-,7-,8-,10-/m1/s1/i1D2,3D. The van der Waals surface area contributed by atoms with Crippen molar-refractivity contribution in [1.82, 2.24) is 9.55 Å². The van der Waals surface area contributed by atoms with Crippen LogP contribution in [0.4, 0.5) is 0 Å². The molecule has 0 unspecified atom stereocenters. The van der Waals surface area contributed by atoms with Gasteiger partial charge in [-0.1, -0.05) is 0 Å². The summed E-state index contributed by atoms with van der Waals surface area (Å²) in [5.41, 5.74) is -3.75. The van der Waals surface area contributed by atoms with E-state index < -0.39 is 48.2 Å². The first-order chi connectivity index (χ1) is 9.16. The van der Waals surface area contributed by atoms with Gasteiger partial charge in [0.1, 0.15) is 11.7 Å². The highest BCUT2D eigenvalue weighted by Gasteiger charge is 2.51. The lowest BCUT2D eigenvalue weighted by Crippen LogP contribution is -2.46. The molecule has 2 heterocycles. The zero-order valence-electron chi connectivity index (χ0n) is 12.0. The molecule has 94 valence electrons. The third-order valence-electron chi connectivity index (χ3n) is 2.74. The first-order valence-electron chi connectivity index (χ1n) is 6.54. The van der Waals surface area contributed by atoms with Crippen molar-refractivity contribution >= 4 is 0 Å². The molecule has 4 atom stereocenters. The molecule has 0 saturated carbocycles. The van der Waals surface area contributed by atoms with Crippen molar-refractivity contribution in [3.8, 4) is 0 Å². The van der Waals surface area contributed by atoms with Gasteiger partial charge in [-0.25, -0.2) is 4.79 Å². The molecule has 7 heteroatoms. The van der Waals surface area contributed by atoms with Gasteiger partial charge in [0.2, 0.25) is 0 Å². The van der Waals surface area contributed by atoms with Crippen LogP contribution in [0.3, 0.4) is 0 Å². The van der Waals surface area contributed by atoms with Crippen molar-refractivity contribution in [3.63, 3.8) is 0 Å². The number of rotatable bonds is 1. The van der Waals surface area contributed by atoms with E-state index >= 15 is 0 Å². The van der Waals surface area contributed by atoms with E-state index in [1.54, 1.807) is 0 Å². The summed E-state index contributed by atoms with van der Waals surface area (Å²) in [5, 5.41) is 20.1. The molecular formula is C10H14N2O5. The quantitative estimate of drug-likeness (QED) is 0.562. The number of hydrogen-bond donors (Lipinski definition) is 3. The number of ether oxygens (including phenoxy) is 1. The summed E-state index contributed by atoms with van der Waals surface area (Å²) in [5.74, 6) is 0. The van der Waals surface area contributed by atoms with Gasteiger partial charge in [-0.05, 0) is 13.8 Å². The highest BCUT2D eigenvalue weighted by molar-refractivity contribution is 4.99. The number of hydrogen-bond acceptors (Lipinski definition) is 5. The minimum absolute atomic E-state index is 0.518. The van der Waals surface area contributed by atoms with Gasteiger partial charge >= 0.3 is 5.69 Å². The molecule has 1 saturated heterocycles. The summed E-state index contributed by atoms with van der Waals surface area (Å²) >= 11 is 0. The second-order valence-electron chi connectivity index (χ2n) is 4.06. The molecule has 0 aromatic carbocycles. The third-order valence-corrected chi connectivity index (χ3v) is 2.74. The van der Waals surface area contributed by atoms with E-state index in [0.717, 1.165) is 10.8 Å². The average Bonchev–Trinajstić information content (AvgIpc) is 2.56. The van der Waals surface area contributed by atoms with E-state index in [0.29, 0.717) is 0 Å². The highest BCUT2D eigenvalue weighted by Crippen LogP contribution is 2.36. The van der Waals surface area contributed by atoms with E-state index in [4.69, 9.17) is 8.85 Å². The Labute approximate surface area is 101 Å². The van der Waals surface area contributed by atoms with Gasteiger partial charge in [0.05, 0.1) is 7.47 Å². The molecule has 1 aliphatic heterocycles. The lowest BCUT2D eigenvalue weighted by molar-refractivity contribution is -0.0971. The van der Waals surface area contributed by atoms with Crippen molar-refractivity contribution in [1.29, 1.82) is 0 Å². The van der Waals surface area contributed by atoms with Crippen molar-refractivity contribution in [2.24, 2.45) is 0 Å². The van der Waals surface area contributed by atoms with Gasteiger partial charge < -0.3 is 14.9 Å². The number of H-pyrrole nitrogens is 1. The zero-order chi connectivity index (χ0) is 15.2. The molecule has 7 nitrogen and oxygen atoms in total. The van der Waals surface area contributed by atoms with Crippen LogP contribution in [0, 0.1) is 0 Å². The molecule has 1 fully saturated rings. The van der Waals surface area contributed by atoms with Crippen molar-refractivity contribution in [2.75, 3.05) is 0 Å². The molecule has 0 bridgehead atoms. The van der Waals surface area contributed by atoms with Crippen LogP contribution in [-0.4, -0.2) is 37.6 Å². The normalized spacial score (nSPS) is 40.0. The lowest BCUT2D eigenvalue weighted by Gasteiger charge is -2.27. The largest absolute Gasteiger partial charge is 0.387 e. The van der Waals surface area contributed by atoms with Gasteiger partial charge in [0.25, 0.3) is 5.56 Å². The number of nitrogens with zero attached hydrogens (tertiary/aromatic N) is 1. The molecular weight excluding hydrogens is 228 g/mol. The second-order valence-corrected chi connectivity index (χ2v) is 4.06. The van der Waals surface area contributed by atoms with Crippen LogP contribution in [0.2, 0.25) is 0 Å². The van der Waals surface area contributed by atoms with Gasteiger partial charge in [-0.3, -0.25) is 14.3 Å². The summed E-state index contributed by atoms with van der Waals surface area (Å²) in [7, 11) is 0. The van der Waals surface area contributed by atoms with Crippen LogP contribution in [0.25, 0.3) is 0 Å².